The molecule has 1 aliphatic rings. The van der Waals surface area contributed by atoms with Crippen LogP contribution in [-0.4, -0.2) is 38.3 Å². The van der Waals surface area contributed by atoms with Crippen LogP contribution in [0.15, 0.2) is 39.7 Å². The van der Waals surface area contributed by atoms with E-state index in [0.29, 0.717) is 36.0 Å². The summed E-state index contributed by atoms with van der Waals surface area (Å²) < 4.78 is 55.4. The van der Waals surface area contributed by atoms with E-state index < -0.39 is 27.6 Å². The van der Waals surface area contributed by atoms with Crippen LogP contribution < -0.4 is 4.90 Å². The van der Waals surface area contributed by atoms with Crippen LogP contribution in [0.3, 0.4) is 0 Å². The van der Waals surface area contributed by atoms with Crippen LogP contribution in [0.2, 0.25) is 0 Å². The van der Waals surface area contributed by atoms with Crippen LogP contribution in [0.1, 0.15) is 36.2 Å². The molecule has 2 aromatic rings. The number of nitrogens with zero attached hydrogens (tertiary/aromatic N) is 2. The zero-order chi connectivity index (χ0) is 21.3. The molecule has 0 saturated carbocycles. The molecule has 0 unspecified atom stereocenters. The van der Waals surface area contributed by atoms with E-state index in [1.807, 2.05) is 0 Å². The van der Waals surface area contributed by atoms with Gasteiger partial charge in [-0.1, -0.05) is 13.8 Å². The second kappa shape index (κ2) is 8.49. The van der Waals surface area contributed by atoms with E-state index in [0.717, 1.165) is 6.07 Å². The summed E-state index contributed by atoms with van der Waals surface area (Å²) in [5, 5.41) is 0. The highest BCUT2D eigenvalue weighted by Gasteiger charge is 2.30. The average molecular weight is 487 g/mol. The van der Waals surface area contributed by atoms with Gasteiger partial charge < -0.3 is 4.90 Å². The molecular formula is C20H21BrF2N2O3S. The fourth-order valence-electron chi connectivity index (χ4n) is 3.54. The topological polar surface area (TPSA) is 57.7 Å². The summed E-state index contributed by atoms with van der Waals surface area (Å²) >= 11 is 3.30. The van der Waals surface area contributed by atoms with Crippen molar-refractivity contribution in [2.45, 2.75) is 31.6 Å². The van der Waals surface area contributed by atoms with Crippen molar-refractivity contribution in [3.05, 3.63) is 57.6 Å². The summed E-state index contributed by atoms with van der Waals surface area (Å²) in [6.45, 7) is 4.33. The standard InChI is InChI=1S/C20H21BrF2N2O3S/c1-3-24(4-2)29(27,28)15-7-8-17(21)16(12-15)20(26)25-9-5-6-13-10-14(22)11-18(23)19(13)25/h7-8,10-12H,3-6,9H2,1-2H3. The van der Waals surface area contributed by atoms with E-state index in [-0.39, 0.29) is 22.7 Å². The number of aryl methyl sites for hydroxylation is 1. The van der Waals surface area contributed by atoms with Gasteiger partial charge in [0.25, 0.3) is 5.91 Å². The van der Waals surface area contributed by atoms with Crippen LogP contribution in [0, 0.1) is 11.6 Å². The number of sulfonamides is 1. The minimum atomic E-state index is -3.76. The number of carbonyl (C=O) groups excluding carboxylic acids is 1. The van der Waals surface area contributed by atoms with Gasteiger partial charge in [0.1, 0.15) is 11.6 Å². The zero-order valence-electron chi connectivity index (χ0n) is 16.1. The van der Waals surface area contributed by atoms with E-state index in [2.05, 4.69) is 15.9 Å². The van der Waals surface area contributed by atoms with Gasteiger partial charge in [-0.05, 0) is 58.6 Å². The number of halogens is 3. The molecule has 0 atom stereocenters. The molecule has 1 aliphatic heterocycles. The van der Waals surface area contributed by atoms with E-state index in [4.69, 9.17) is 0 Å². The maximum atomic E-state index is 14.5. The van der Waals surface area contributed by atoms with Gasteiger partial charge in [0.15, 0.2) is 0 Å². The molecule has 29 heavy (non-hydrogen) atoms. The third-order valence-electron chi connectivity index (χ3n) is 4.96. The van der Waals surface area contributed by atoms with Crippen molar-refractivity contribution in [3.8, 4) is 0 Å². The highest BCUT2D eigenvalue weighted by Crippen LogP contribution is 2.34. The summed E-state index contributed by atoms with van der Waals surface area (Å²) in [6, 6.07) is 6.20. The Labute approximate surface area is 177 Å². The lowest BCUT2D eigenvalue weighted by atomic mass is 10.00. The Hall–Kier alpha value is -1.84. The Bertz CT molecular complexity index is 1060. The lowest BCUT2D eigenvalue weighted by Crippen LogP contribution is -2.37. The van der Waals surface area contributed by atoms with Crippen LogP contribution in [0.5, 0.6) is 0 Å². The van der Waals surface area contributed by atoms with Crippen LogP contribution >= 0.6 is 15.9 Å². The van der Waals surface area contributed by atoms with Crippen molar-refractivity contribution in [2.24, 2.45) is 0 Å². The third-order valence-corrected chi connectivity index (χ3v) is 7.70. The van der Waals surface area contributed by atoms with Crippen LogP contribution in [-0.2, 0) is 16.4 Å². The maximum Gasteiger partial charge on any atom is 0.259 e. The summed E-state index contributed by atoms with van der Waals surface area (Å²) in [5.74, 6) is -2.04. The average Bonchev–Trinajstić information content (AvgIpc) is 2.67. The van der Waals surface area contributed by atoms with E-state index in [9.17, 15) is 22.0 Å². The van der Waals surface area contributed by atoms with Gasteiger partial charge in [0.05, 0.1) is 16.1 Å². The summed E-state index contributed by atoms with van der Waals surface area (Å²) in [5.41, 5.74) is 0.575. The lowest BCUT2D eigenvalue weighted by molar-refractivity contribution is 0.0983. The van der Waals surface area contributed by atoms with Gasteiger partial charge in [-0.2, -0.15) is 4.31 Å². The molecule has 5 nitrogen and oxygen atoms in total. The number of anilines is 1. The Morgan fingerprint density at radius 3 is 2.52 bits per heavy atom. The highest BCUT2D eigenvalue weighted by molar-refractivity contribution is 9.10. The molecule has 9 heteroatoms. The summed E-state index contributed by atoms with van der Waals surface area (Å²) in [7, 11) is -3.76. The molecule has 0 N–H and O–H groups in total. The fourth-order valence-corrected chi connectivity index (χ4v) is 5.44. The summed E-state index contributed by atoms with van der Waals surface area (Å²) in [6.07, 6.45) is 1.02. The Morgan fingerprint density at radius 2 is 1.86 bits per heavy atom. The number of carbonyl (C=O) groups is 1. The van der Waals surface area contributed by atoms with Crippen molar-refractivity contribution < 1.29 is 22.0 Å². The van der Waals surface area contributed by atoms with Gasteiger partial charge >= 0.3 is 0 Å². The molecule has 0 aliphatic carbocycles. The van der Waals surface area contributed by atoms with Crippen molar-refractivity contribution in [3.63, 3.8) is 0 Å². The van der Waals surface area contributed by atoms with Gasteiger partial charge in [0, 0.05) is 30.2 Å². The normalized spacial score (nSPS) is 14.2. The number of benzene rings is 2. The smallest absolute Gasteiger partial charge is 0.259 e. The highest BCUT2D eigenvalue weighted by atomic mass is 79.9. The predicted molar refractivity (Wildman–Crippen MR) is 111 cm³/mol. The van der Waals surface area contributed by atoms with Gasteiger partial charge in [0.2, 0.25) is 10.0 Å². The van der Waals surface area contributed by atoms with Crippen molar-refractivity contribution in [2.75, 3.05) is 24.5 Å². The first kappa shape index (κ1) is 21.9. The van der Waals surface area contributed by atoms with Crippen molar-refractivity contribution >= 4 is 37.5 Å². The first-order valence-corrected chi connectivity index (χ1v) is 11.5. The molecule has 0 spiro atoms. The second-order valence-corrected chi connectivity index (χ2v) is 9.48. The fraction of sp³-hybridized carbons (Fsp3) is 0.350. The van der Waals surface area contributed by atoms with Gasteiger partial charge in [-0.15, -0.1) is 0 Å². The van der Waals surface area contributed by atoms with Crippen molar-refractivity contribution in [1.82, 2.24) is 4.31 Å². The summed E-state index contributed by atoms with van der Waals surface area (Å²) in [4.78, 5) is 14.5. The van der Waals surface area contributed by atoms with Gasteiger partial charge in [-0.25, -0.2) is 17.2 Å². The molecule has 1 heterocycles. The molecule has 0 radical (unpaired) electrons. The van der Waals surface area contributed by atoms with E-state index in [1.54, 1.807) is 13.8 Å². The first-order chi connectivity index (χ1) is 13.7. The molecular weight excluding hydrogens is 466 g/mol. The minimum absolute atomic E-state index is 0.00967. The minimum Gasteiger partial charge on any atom is -0.305 e. The number of amides is 1. The molecule has 156 valence electrons. The second-order valence-electron chi connectivity index (χ2n) is 6.69. The lowest BCUT2D eigenvalue weighted by Gasteiger charge is -2.30. The molecule has 2 aromatic carbocycles. The molecule has 3 rings (SSSR count). The number of hydrogen-bond donors (Lipinski definition) is 0. The number of rotatable bonds is 5. The Kier molecular flexibility index (Phi) is 6.40. The molecule has 0 bridgehead atoms. The third kappa shape index (κ3) is 4.08. The molecule has 0 fully saturated rings. The maximum absolute atomic E-state index is 14.5. The quantitative estimate of drug-likeness (QED) is 0.630. The Morgan fingerprint density at radius 1 is 1.17 bits per heavy atom. The predicted octanol–water partition coefficient (Wildman–Crippen LogP) is 4.35. The number of hydrogen-bond acceptors (Lipinski definition) is 3. The largest absolute Gasteiger partial charge is 0.305 e. The van der Waals surface area contributed by atoms with Crippen LogP contribution in [0.25, 0.3) is 0 Å². The SMILES string of the molecule is CCN(CC)S(=O)(=O)c1ccc(Br)c(C(=O)N2CCCc3cc(F)cc(F)c32)c1. The molecule has 0 aromatic heterocycles. The first-order valence-electron chi connectivity index (χ1n) is 9.30. The number of fused-ring (bicyclic) bond motifs is 1. The monoisotopic (exact) mass is 486 g/mol. The van der Waals surface area contributed by atoms with E-state index >= 15 is 0 Å². The van der Waals surface area contributed by atoms with Crippen LogP contribution in [0.4, 0.5) is 14.5 Å². The van der Waals surface area contributed by atoms with Crippen molar-refractivity contribution in [1.29, 1.82) is 0 Å². The molecule has 0 saturated heterocycles. The van der Waals surface area contributed by atoms with E-state index in [1.165, 1.54) is 33.5 Å². The Balaban J connectivity index is 2.06. The molecule has 1 amide bonds. The van der Waals surface area contributed by atoms with Gasteiger partial charge in [-0.3, -0.25) is 4.79 Å². The zero-order valence-corrected chi connectivity index (χ0v) is 18.5.